The van der Waals surface area contributed by atoms with Crippen LogP contribution in [0.3, 0.4) is 0 Å². The number of alkyl halides is 3. The Kier molecular flexibility index (Phi) is 8.41. The topological polar surface area (TPSA) is 45.5 Å². The smallest absolute Gasteiger partial charge is 0.433 e. The van der Waals surface area contributed by atoms with Crippen LogP contribution in [0.4, 0.5) is 13.2 Å². The van der Waals surface area contributed by atoms with Gasteiger partial charge in [-0.1, -0.05) is 59.9 Å². The van der Waals surface area contributed by atoms with E-state index in [1.54, 1.807) is 6.92 Å². The molecule has 0 spiro atoms. The van der Waals surface area contributed by atoms with Gasteiger partial charge in [-0.2, -0.15) is 13.2 Å². The molecule has 1 rings (SSSR count). The first kappa shape index (κ1) is 22.4. The fourth-order valence-electron chi connectivity index (χ4n) is 1.49. The summed E-state index contributed by atoms with van der Waals surface area (Å²) in [5, 5.41) is 9.14. The second kappa shape index (κ2) is 9.37. The van der Waals surface area contributed by atoms with E-state index >= 15 is 0 Å². The molecule has 138 valence electrons. The van der Waals surface area contributed by atoms with Crippen LogP contribution in [0.15, 0.2) is 29.1 Å². The Balaban J connectivity index is 3.14. The quantitative estimate of drug-likeness (QED) is 0.168. The lowest BCUT2D eigenvalue weighted by Crippen LogP contribution is -2.12. The Morgan fingerprint density at radius 1 is 1.24 bits per heavy atom. The fourth-order valence-corrected chi connectivity index (χ4v) is 3.52. The standard InChI is InChI=1S/C14H11Cl4F3N2OS/c1-3-9(22-8(4-6(2)24)14(19,20)21)25-5-7-10(15)12(17)23-13(18)11(7)16/h4,24H,2-3,5H2,1H3/b8-4-,22-9+. The third-order valence-electron chi connectivity index (χ3n) is 2.61. The lowest BCUT2D eigenvalue weighted by molar-refractivity contribution is -0.0925. The van der Waals surface area contributed by atoms with Gasteiger partial charge in [0.2, 0.25) is 0 Å². The van der Waals surface area contributed by atoms with Crippen LogP contribution in [0.2, 0.25) is 20.4 Å². The molecule has 0 atom stereocenters. The second-order valence-corrected chi connectivity index (χ2v) is 6.99. The highest BCUT2D eigenvalue weighted by Crippen LogP contribution is 2.37. The van der Waals surface area contributed by atoms with Crippen molar-refractivity contribution in [1.82, 2.24) is 4.98 Å². The number of halogens is 7. The molecule has 0 aliphatic rings. The second-order valence-electron chi connectivity index (χ2n) is 4.47. The molecule has 0 unspecified atom stereocenters. The van der Waals surface area contributed by atoms with E-state index in [0.29, 0.717) is 11.6 Å². The summed E-state index contributed by atoms with van der Waals surface area (Å²) >= 11 is 24.7. The summed E-state index contributed by atoms with van der Waals surface area (Å²) in [5.74, 6) is -0.673. The van der Waals surface area contributed by atoms with E-state index < -0.39 is 17.6 Å². The van der Waals surface area contributed by atoms with Gasteiger partial charge in [0, 0.05) is 17.4 Å². The zero-order valence-electron chi connectivity index (χ0n) is 12.6. The molecular formula is C14H11Cl4F3N2OS. The van der Waals surface area contributed by atoms with Gasteiger partial charge in [0.1, 0.15) is 21.8 Å². The number of allylic oxidation sites excluding steroid dienone is 2. The summed E-state index contributed by atoms with van der Waals surface area (Å²) in [4.78, 5) is 7.28. The lowest BCUT2D eigenvalue weighted by Gasteiger charge is -2.12. The van der Waals surface area contributed by atoms with Crippen LogP contribution in [0.1, 0.15) is 18.9 Å². The highest BCUT2D eigenvalue weighted by molar-refractivity contribution is 8.13. The van der Waals surface area contributed by atoms with E-state index in [1.807, 2.05) is 0 Å². The monoisotopic (exact) mass is 452 g/mol. The summed E-state index contributed by atoms with van der Waals surface area (Å²) in [6, 6.07) is 0. The third kappa shape index (κ3) is 6.57. The third-order valence-corrected chi connectivity index (χ3v) is 5.31. The Morgan fingerprint density at radius 2 is 1.76 bits per heavy atom. The lowest BCUT2D eigenvalue weighted by atomic mass is 10.3. The van der Waals surface area contributed by atoms with Crippen molar-refractivity contribution >= 4 is 63.2 Å². The minimum Gasteiger partial charge on any atom is -0.509 e. The normalized spacial score (nSPS) is 13.3. The van der Waals surface area contributed by atoms with Crippen LogP contribution < -0.4 is 0 Å². The number of aliphatic hydroxyl groups excluding tert-OH is 1. The molecule has 0 bridgehead atoms. The highest BCUT2D eigenvalue weighted by atomic mass is 35.5. The number of hydrogen-bond donors (Lipinski definition) is 1. The number of thioether (sulfide) groups is 1. The van der Waals surface area contributed by atoms with Gasteiger partial charge >= 0.3 is 6.18 Å². The summed E-state index contributed by atoms with van der Waals surface area (Å²) in [5.41, 5.74) is -0.934. The zero-order chi connectivity index (χ0) is 19.4. The number of rotatable bonds is 5. The zero-order valence-corrected chi connectivity index (χ0v) is 16.4. The van der Waals surface area contributed by atoms with Crippen molar-refractivity contribution in [1.29, 1.82) is 0 Å². The van der Waals surface area contributed by atoms with Crippen LogP contribution in [0.5, 0.6) is 0 Å². The molecule has 0 amide bonds. The number of aromatic nitrogens is 1. The number of nitrogens with zero attached hydrogens (tertiary/aromatic N) is 2. The summed E-state index contributed by atoms with van der Waals surface area (Å²) in [7, 11) is 0. The molecule has 11 heteroatoms. The van der Waals surface area contributed by atoms with Crippen LogP contribution in [0, 0.1) is 0 Å². The average Bonchev–Trinajstić information content (AvgIpc) is 2.49. The highest BCUT2D eigenvalue weighted by Gasteiger charge is 2.34. The minimum atomic E-state index is -4.74. The van der Waals surface area contributed by atoms with E-state index in [4.69, 9.17) is 51.5 Å². The molecule has 0 saturated carbocycles. The van der Waals surface area contributed by atoms with Gasteiger partial charge in [-0.3, -0.25) is 0 Å². The summed E-state index contributed by atoms with van der Waals surface area (Å²) < 4.78 is 38.9. The maximum atomic E-state index is 13.0. The van der Waals surface area contributed by atoms with Gasteiger partial charge < -0.3 is 5.11 Å². The Bertz CT molecular complexity index is 710. The average molecular weight is 454 g/mol. The van der Waals surface area contributed by atoms with Crippen LogP contribution in [0.25, 0.3) is 0 Å². The molecule has 0 fully saturated rings. The SMILES string of the molecule is C=C(O)/C=C(\N=C(/CC)SCc1c(Cl)c(Cl)nc(Cl)c1Cl)C(F)(F)F. The molecule has 1 aromatic rings. The fraction of sp³-hybridized carbons (Fsp3) is 0.286. The number of aliphatic imine (C=N–C) groups is 1. The van der Waals surface area contributed by atoms with E-state index in [-0.39, 0.29) is 37.6 Å². The predicted molar refractivity (Wildman–Crippen MR) is 99.2 cm³/mol. The first-order chi connectivity index (χ1) is 11.5. The molecular weight excluding hydrogens is 443 g/mol. The molecule has 3 nitrogen and oxygen atoms in total. The van der Waals surface area contributed by atoms with Crippen LogP contribution in [-0.4, -0.2) is 21.3 Å². The molecule has 0 aromatic carbocycles. The molecule has 0 saturated heterocycles. The molecule has 0 aliphatic carbocycles. The molecule has 1 aromatic heterocycles. The number of hydrogen-bond acceptors (Lipinski definition) is 4. The Labute approximate surface area is 166 Å². The van der Waals surface area contributed by atoms with Gasteiger partial charge in [-0.05, 0) is 6.42 Å². The summed E-state index contributed by atoms with van der Waals surface area (Å²) in [6.45, 7) is 4.64. The summed E-state index contributed by atoms with van der Waals surface area (Å²) in [6.07, 6.45) is -4.10. The predicted octanol–water partition coefficient (Wildman–Crippen LogP) is 7.25. The number of aliphatic hydroxyl groups is 1. The van der Waals surface area contributed by atoms with Crippen molar-refractivity contribution in [3.63, 3.8) is 0 Å². The van der Waals surface area contributed by atoms with Crippen LogP contribution >= 0.6 is 58.2 Å². The molecule has 0 radical (unpaired) electrons. The van der Waals surface area contributed by atoms with E-state index in [0.717, 1.165) is 11.8 Å². The Hall–Kier alpha value is -0.600. The molecule has 25 heavy (non-hydrogen) atoms. The minimum absolute atomic E-state index is 0.0610. The van der Waals surface area contributed by atoms with Gasteiger partial charge in [0.05, 0.1) is 15.1 Å². The van der Waals surface area contributed by atoms with E-state index in [1.165, 1.54) is 0 Å². The van der Waals surface area contributed by atoms with Crippen molar-refractivity contribution < 1.29 is 18.3 Å². The van der Waals surface area contributed by atoms with Gasteiger partial charge in [0.15, 0.2) is 0 Å². The Morgan fingerprint density at radius 3 is 2.16 bits per heavy atom. The molecule has 0 aliphatic heterocycles. The van der Waals surface area contributed by atoms with Gasteiger partial charge in [0.25, 0.3) is 0 Å². The molecule has 1 N–H and O–H groups in total. The largest absolute Gasteiger partial charge is 0.509 e. The first-order valence-corrected chi connectivity index (χ1v) is 9.03. The number of pyridine rings is 1. The van der Waals surface area contributed by atoms with Gasteiger partial charge in [-0.25, -0.2) is 9.98 Å². The molecule has 1 heterocycles. The van der Waals surface area contributed by atoms with Crippen molar-refractivity contribution in [3.05, 3.63) is 50.0 Å². The first-order valence-electron chi connectivity index (χ1n) is 6.53. The maximum absolute atomic E-state index is 13.0. The van der Waals surface area contributed by atoms with Crippen molar-refractivity contribution in [2.75, 3.05) is 0 Å². The van der Waals surface area contributed by atoms with Crippen LogP contribution in [-0.2, 0) is 5.75 Å². The van der Waals surface area contributed by atoms with Gasteiger partial charge in [-0.15, -0.1) is 11.8 Å². The van der Waals surface area contributed by atoms with Crippen molar-refractivity contribution in [3.8, 4) is 0 Å². The van der Waals surface area contributed by atoms with E-state index in [2.05, 4.69) is 16.6 Å². The van der Waals surface area contributed by atoms with Crippen molar-refractivity contribution in [2.45, 2.75) is 25.3 Å². The maximum Gasteiger partial charge on any atom is 0.433 e. The van der Waals surface area contributed by atoms with Crippen molar-refractivity contribution in [2.24, 2.45) is 4.99 Å². The van der Waals surface area contributed by atoms with E-state index in [9.17, 15) is 13.2 Å².